The molecule has 0 unspecified atom stereocenters. The SMILES string of the molecule is CC(C)N(C)Cc1ccccc1CNC(=O)c1ccc(N)cc1. The first-order valence-electron chi connectivity index (χ1n) is 7.88. The van der Waals surface area contributed by atoms with Crippen LogP contribution in [0.5, 0.6) is 0 Å². The first kappa shape index (κ1) is 17.0. The minimum Gasteiger partial charge on any atom is -0.399 e. The Hall–Kier alpha value is -2.33. The Morgan fingerprint density at radius 2 is 1.70 bits per heavy atom. The lowest BCUT2D eigenvalue weighted by Crippen LogP contribution is -2.27. The van der Waals surface area contributed by atoms with Crippen molar-refractivity contribution in [1.29, 1.82) is 0 Å². The van der Waals surface area contributed by atoms with Gasteiger partial charge in [0.05, 0.1) is 0 Å². The van der Waals surface area contributed by atoms with Crippen LogP contribution in [0.1, 0.15) is 35.3 Å². The van der Waals surface area contributed by atoms with Crippen molar-refractivity contribution < 1.29 is 4.79 Å². The van der Waals surface area contributed by atoms with Gasteiger partial charge in [-0.15, -0.1) is 0 Å². The van der Waals surface area contributed by atoms with E-state index in [1.165, 1.54) is 5.56 Å². The highest BCUT2D eigenvalue weighted by atomic mass is 16.1. The minimum absolute atomic E-state index is 0.0861. The molecular formula is C19H25N3O. The average molecular weight is 311 g/mol. The molecule has 0 atom stereocenters. The summed E-state index contributed by atoms with van der Waals surface area (Å²) in [4.78, 5) is 14.5. The predicted molar refractivity (Wildman–Crippen MR) is 95.1 cm³/mol. The van der Waals surface area contributed by atoms with Crippen LogP contribution < -0.4 is 11.1 Å². The first-order chi connectivity index (χ1) is 11.0. The molecular weight excluding hydrogens is 286 g/mol. The second kappa shape index (κ2) is 7.79. The van der Waals surface area contributed by atoms with E-state index < -0.39 is 0 Å². The minimum atomic E-state index is -0.0861. The number of hydrogen-bond acceptors (Lipinski definition) is 3. The molecule has 4 heteroatoms. The molecule has 0 aliphatic rings. The number of hydrogen-bond donors (Lipinski definition) is 2. The number of carbonyl (C=O) groups excluding carboxylic acids is 1. The summed E-state index contributed by atoms with van der Waals surface area (Å²) in [5.74, 6) is -0.0861. The second-order valence-corrected chi connectivity index (χ2v) is 6.08. The Labute approximate surface area is 138 Å². The average Bonchev–Trinajstić information content (AvgIpc) is 2.54. The van der Waals surface area contributed by atoms with Gasteiger partial charge in [0.25, 0.3) is 5.91 Å². The molecule has 0 heterocycles. The van der Waals surface area contributed by atoms with Gasteiger partial charge >= 0.3 is 0 Å². The molecule has 0 bridgehead atoms. The lowest BCUT2D eigenvalue weighted by atomic mass is 10.1. The number of anilines is 1. The summed E-state index contributed by atoms with van der Waals surface area (Å²) in [7, 11) is 2.11. The van der Waals surface area contributed by atoms with Gasteiger partial charge in [0.1, 0.15) is 0 Å². The maximum absolute atomic E-state index is 12.2. The van der Waals surface area contributed by atoms with E-state index in [0.717, 1.165) is 12.1 Å². The van der Waals surface area contributed by atoms with E-state index in [1.54, 1.807) is 24.3 Å². The lowest BCUT2D eigenvalue weighted by Gasteiger charge is -2.22. The first-order valence-corrected chi connectivity index (χ1v) is 7.88. The van der Waals surface area contributed by atoms with Crippen molar-refractivity contribution in [2.45, 2.75) is 33.0 Å². The predicted octanol–water partition coefficient (Wildman–Crippen LogP) is 3.04. The molecule has 4 nitrogen and oxygen atoms in total. The molecule has 0 aliphatic heterocycles. The van der Waals surface area contributed by atoms with Gasteiger partial charge in [-0.3, -0.25) is 9.69 Å². The van der Waals surface area contributed by atoms with Crippen molar-refractivity contribution in [3.05, 3.63) is 65.2 Å². The van der Waals surface area contributed by atoms with Gasteiger partial charge in [-0.2, -0.15) is 0 Å². The van der Waals surface area contributed by atoms with Crippen molar-refractivity contribution in [3.63, 3.8) is 0 Å². The highest BCUT2D eigenvalue weighted by molar-refractivity contribution is 5.94. The molecule has 0 fully saturated rings. The van der Waals surface area contributed by atoms with Gasteiger partial charge in [0, 0.05) is 30.4 Å². The fourth-order valence-corrected chi connectivity index (χ4v) is 2.25. The largest absolute Gasteiger partial charge is 0.399 e. The lowest BCUT2D eigenvalue weighted by molar-refractivity contribution is 0.0950. The van der Waals surface area contributed by atoms with Gasteiger partial charge in [-0.1, -0.05) is 24.3 Å². The molecule has 1 amide bonds. The van der Waals surface area contributed by atoms with E-state index in [0.29, 0.717) is 23.8 Å². The third-order valence-electron chi connectivity index (χ3n) is 4.03. The van der Waals surface area contributed by atoms with Crippen LogP contribution in [-0.4, -0.2) is 23.9 Å². The Bertz CT molecular complexity index is 650. The summed E-state index contributed by atoms with van der Waals surface area (Å²) in [6.45, 7) is 5.73. The van der Waals surface area contributed by atoms with Crippen LogP contribution in [0.3, 0.4) is 0 Å². The zero-order valence-electron chi connectivity index (χ0n) is 14.0. The Morgan fingerprint density at radius 3 is 2.30 bits per heavy atom. The van der Waals surface area contributed by atoms with Gasteiger partial charge in [0.2, 0.25) is 0 Å². The molecule has 23 heavy (non-hydrogen) atoms. The molecule has 0 radical (unpaired) electrons. The molecule has 0 spiro atoms. The van der Waals surface area contributed by atoms with E-state index in [-0.39, 0.29) is 5.91 Å². The van der Waals surface area contributed by atoms with Gasteiger partial charge in [0.15, 0.2) is 0 Å². The molecule has 2 aromatic carbocycles. The van der Waals surface area contributed by atoms with Crippen LogP contribution in [0.2, 0.25) is 0 Å². The molecule has 122 valence electrons. The quantitative estimate of drug-likeness (QED) is 0.806. The van der Waals surface area contributed by atoms with Crippen molar-refractivity contribution in [2.75, 3.05) is 12.8 Å². The number of carbonyl (C=O) groups is 1. The van der Waals surface area contributed by atoms with Crippen LogP contribution in [0.4, 0.5) is 5.69 Å². The number of nitrogens with two attached hydrogens (primary N) is 1. The van der Waals surface area contributed by atoms with Gasteiger partial charge in [-0.25, -0.2) is 0 Å². The summed E-state index contributed by atoms with van der Waals surface area (Å²) in [5.41, 5.74) is 9.30. The summed E-state index contributed by atoms with van der Waals surface area (Å²) in [5, 5.41) is 2.98. The molecule has 0 aromatic heterocycles. The number of rotatable bonds is 6. The fourth-order valence-electron chi connectivity index (χ4n) is 2.25. The molecule has 0 saturated carbocycles. The second-order valence-electron chi connectivity index (χ2n) is 6.08. The highest BCUT2D eigenvalue weighted by Gasteiger charge is 2.10. The maximum Gasteiger partial charge on any atom is 0.251 e. The Kier molecular flexibility index (Phi) is 5.77. The van der Waals surface area contributed by atoms with Gasteiger partial charge in [-0.05, 0) is 56.3 Å². The molecule has 2 aromatic rings. The highest BCUT2D eigenvalue weighted by Crippen LogP contribution is 2.13. The fraction of sp³-hybridized carbons (Fsp3) is 0.316. The van der Waals surface area contributed by atoms with Crippen molar-refractivity contribution >= 4 is 11.6 Å². The van der Waals surface area contributed by atoms with Crippen molar-refractivity contribution in [3.8, 4) is 0 Å². The smallest absolute Gasteiger partial charge is 0.251 e. The number of benzene rings is 2. The molecule has 0 aliphatic carbocycles. The summed E-state index contributed by atoms with van der Waals surface area (Å²) < 4.78 is 0. The molecule has 3 N–H and O–H groups in total. The third-order valence-corrected chi connectivity index (χ3v) is 4.03. The van der Waals surface area contributed by atoms with E-state index >= 15 is 0 Å². The Morgan fingerprint density at radius 1 is 1.09 bits per heavy atom. The Balaban J connectivity index is 2.03. The van der Waals surface area contributed by atoms with E-state index in [9.17, 15) is 4.79 Å². The zero-order valence-corrected chi connectivity index (χ0v) is 14.0. The van der Waals surface area contributed by atoms with E-state index in [4.69, 9.17) is 5.73 Å². The van der Waals surface area contributed by atoms with E-state index in [1.807, 2.05) is 12.1 Å². The number of nitrogen functional groups attached to an aromatic ring is 1. The normalized spacial score (nSPS) is 11.0. The van der Waals surface area contributed by atoms with Crippen LogP contribution in [0.25, 0.3) is 0 Å². The zero-order chi connectivity index (χ0) is 16.8. The van der Waals surface area contributed by atoms with Crippen LogP contribution in [-0.2, 0) is 13.1 Å². The van der Waals surface area contributed by atoms with E-state index in [2.05, 4.69) is 43.2 Å². The molecule has 2 rings (SSSR count). The van der Waals surface area contributed by atoms with Gasteiger partial charge < -0.3 is 11.1 Å². The summed E-state index contributed by atoms with van der Waals surface area (Å²) >= 11 is 0. The number of nitrogens with zero attached hydrogens (tertiary/aromatic N) is 1. The van der Waals surface area contributed by atoms with Crippen molar-refractivity contribution in [1.82, 2.24) is 10.2 Å². The van der Waals surface area contributed by atoms with Crippen LogP contribution in [0, 0.1) is 0 Å². The number of nitrogens with one attached hydrogen (secondary N) is 1. The summed E-state index contributed by atoms with van der Waals surface area (Å²) in [6, 6.07) is 15.6. The monoisotopic (exact) mass is 311 g/mol. The van der Waals surface area contributed by atoms with Crippen LogP contribution >= 0.6 is 0 Å². The maximum atomic E-state index is 12.2. The standard InChI is InChI=1S/C19H25N3O/c1-14(2)22(3)13-17-7-5-4-6-16(17)12-21-19(23)15-8-10-18(20)11-9-15/h4-11,14H,12-13,20H2,1-3H3,(H,21,23). The topological polar surface area (TPSA) is 58.4 Å². The van der Waals surface area contributed by atoms with Crippen LogP contribution in [0.15, 0.2) is 48.5 Å². The third kappa shape index (κ3) is 4.83. The molecule has 0 saturated heterocycles. The number of amides is 1. The van der Waals surface area contributed by atoms with Crippen molar-refractivity contribution in [2.24, 2.45) is 0 Å². The summed E-state index contributed by atoms with van der Waals surface area (Å²) in [6.07, 6.45) is 0.